The molecule has 3 heterocycles. The lowest BCUT2D eigenvalue weighted by molar-refractivity contribution is 0.0946. The summed E-state index contributed by atoms with van der Waals surface area (Å²) in [5.41, 5.74) is 13.1. The second-order valence-corrected chi connectivity index (χ2v) is 8.89. The number of nitrogens with two attached hydrogens (primary N) is 1. The molecule has 1 fully saturated rings. The van der Waals surface area contributed by atoms with Gasteiger partial charge in [-0.05, 0) is 60.2 Å². The molecule has 5 nitrogen and oxygen atoms in total. The van der Waals surface area contributed by atoms with Gasteiger partial charge in [0, 0.05) is 42.0 Å². The number of nitrogens with one attached hydrogen (secondary N) is 1. The summed E-state index contributed by atoms with van der Waals surface area (Å²) in [6, 6.07) is 16.8. The molecule has 1 unspecified atom stereocenters. The molecule has 0 radical (unpaired) electrons. The number of amides is 1. The molecule has 5 rings (SSSR count). The summed E-state index contributed by atoms with van der Waals surface area (Å²) in [6.07, 6.45) is 6.01. The van der Waals surface area contributed by atoms with Crippen molar-refractivity contribution >= 4 is 11.7 Å². The molecule has 2 aliphatic heterocycles. The van der Waals surface area contributed by atoms with Crippen molar-refractivity contribution in [3.05, 3.63) is 71.4 Å². The number of pyridine rings is 1. The topological polar surface area (TPSA) is 71.2 Å². The maximum Gasteiger partial charge on any atom is 0.251 e. The van der Waals surface area contributed by atoms with Gasteiger partial charge in [0.25, 0.3) is 5.91 Å². The number of aromatic nitrogens is 1. The third-order valence-electron chi connectivity index (χ3n) is 6.87. The van der Waals surface area contributed by atoms with E-state index in [2.05, 4.69) is 51.6 Å². The van der Waals surface area contributed by atoms with Crippen LogP contribution in [0.15, 0.2) is 54.7 Å². The standard InChI is InChI=1S/C27H29FN4O/c28-11-14-32-13-2-1-3-25(32)19-6-4-18(5-7-19)22-16-24(26(29)31-17-22)20-8-9-23-21(15-20)10-12-30-27(23)33/h4-9,15-17,25H,1-3,10-14H2,(H2,29,31)(H,30,33). The SMILES string of the molecule is Nc1ncc(-c2ccc(C3CCCCN3CCF)cc2)cc1-c1ccc2c(c1)CCNC2=O. The summed E-state index contributed by atoms with van der Waals surface area (Å²) in [5, 5.41) is 2.88. The van der Waals surface area contributed by atoms with E-state index in [1.165, 1.54) is 12.0 Å². The third-order valence-corrected chi connectivity index (χ3v) is 6.87. The Balaban J connectivity index is 1.43. The first-order valence-electron chi connectivity index (χ1n) is 11.7. The Morgan fingerprint density at radius 1 is 1.03 bits per heavy atom. The Labute approximate surface area is 193 Å². The van der Waals surface area contributed by atoms with Gasteiger partial charge in [-0.15, -0.1) is 0 Å². The van der Waals surface area contributed by atoms with Crippen LogP contribution < -0.4 is 11.1 Å². The van der Waals surface area contributed by atoms with Gasteiger partial charge >= 0.3 is 0 Å². The van der Waals surface area contributed by atoms with E-state index < -0.39 is 0 Å². The summed E-state index contributed by atoms with van der Waals surface area (Å²) in [6.45, 7) is 1.81. The highest BCUT2D eigenvalue weighted by Gasteiger charge is 2.23. The van der Waals surface area contributed by atoms with Crippen molar-refractivity contribution in [2.45, 2.75) is 31.7 Å². The molecule has 2 aromatic carbocycles. The minimum Gasteiger partial charge on any atom is -0.383 e. The summed E-state index contributed by atoms with van der Waals surface area (Å²) in [7, 11) is 0. The zero-order valence-corrected chi connectivity index (χ0v) is 18.7. The number of rotatable bonds is 5. The number of nitrogens with zero attached hydrogens (tertiary/aromatic N) is 2. The summed E-state index contributed by atoms with van der Waals surface area (Å²) >= 11 is 0. The zero-order valence-electron chi connectivity index (χ0n) is 18.7. The molecule has 33 heavy (non-hydrogen) atoms. The van der Waals surface area contributed by atoms with Gasteiger partial charge in [0.15, 0.2) is 0 Å². The van der Waals surface area contributed by atoms with E-state index in [1.807, 2.05) is 12.1 Å². The van der Waals surface area contributed by atoms with Crippen LogP contribution in [-0.2, 0) is 6.42 Å². The van der Waals surface area contributed by atoms with Crippen molar-refractivity contribution in [2.24, 2.45) is 0 Å². The highest BCUT2D eigenvalue weighted by atomic mass is 19.1. The highest BCUT2D eigenvalue weighted by Crippen LogP contribution is 2.34. The van der Waals surface area contributed by atoms with E-state index in [0.29, 0.717) is 18.9 Å². The number of halogens is 1. The van der Waals surface area contributed by atoms with E-state index in [9.17, 15) is 9.18 Å². The molecule has 170 valence electrons. The molecule has 0 aliphatic carbocycles. The number of carbonyl (C=O) groups is 1. The number of hydrogen-bond acceptors (Lipinski definition) is 4. The van der Waals surface area contributed by atoms with Crippen molar-refractivity contribution in [1.29, 1.82) is 0 Å². The molecule has 1 amide bonds. The number of fused-ring (bicyclic) bond motifs is 1. The van der Waals surface area contributed by atoms with Crippen LogP contribution in [0, 0.1) is 0 Å². The van der Waals surface area contributed by atoms with Crippen molar-refractivity contribution in [2.75, 3.05) is 32.0 Å². The Bertz CT molecular complexity index is 1160. The Morgan fingerprint density at radius 2 is 1.85 bits per heavy atom. The second-order valence-electron chi connectivity index (χ2n) is 8.89. The largest absolute Gasteiger partial charge is 0.383 e. The van der Waals surface area contributed by atoms with Crippen molar-refractivity contribution in [3.63, 3.8) is 0 Å². The highest BCUT2D eigenvalue weighted by molar-refractivity contribution is 5.97. The van der Waals surface area contributed by atoms with Gasteiger partial charge < -0.3 is 11.1 Å². The van der Waals surface area contributed by atoms with Gasteiger partial charge in [-0.3, -0.25) is 9.69 Å². The number of benzene rings is 2. The van der Waals surface area contributed by atoms with Crippen LogP contribution in [-0.4, -0.2) is 42.1 Å². The minimum absolute atomic E-state index is 0.0224. The lowest BCUT2D eigenvalue weighted by Gasteiger charge is -2.35. The number of likely N-dealkylation sites (tertiary alicyclic amines) is 1. The minimum atomic E-state index is -0.304. The van der Waals surface area contributed by atoms with E-state index in [4.69, 9.17) is 5.73 Å². The van der Waals surface area contributed by atoms with Crippen molar-refractivity contribution in [3.8, 4) is 22.3 Å². The van der Waals surface area contributed by atoms with Gasteiger partial charge in [0.2, 0.25) is 0 Å². The lowest BCUT2D eigenvalue weighted by Crippen LogP contribution is -2.34. The number of carbonyl (C=O) groups excluding carboxylic acids is 1. The fourth-order valence-electron chi connectivity index (χ4n) is 5.10. The normalized spacial score (nSPS) is 18.6. The van der Waals surface area contributed by atoms with Crippen molar-refractivity contribution in [1.82, 2.24) is 15.2 Å². The first kappa shape index (κ1) is 21.6. The molecule has 0 bridgehead atoms. The van der Waals surface area contributed by atoms with E-state index in [-0.39, 0.29) is 18.6 Å². The van der Waals surface area contributed by atoms with Crippen LogP contribution in [0.1, 0.15) is 46.8 Å². The number of alkyl halides is 1. The number of nitrogen functional groups attached to an aromatic ring is 1. The number of piperidine rings is 1. The molecule has 1 aromatic heterocycles. The van der Waals surface area contributed by atoms with Crippen molar-refractivity contribution < 1.29 is 9.18 Å². The molecule has 6 heteroatoms. The second kappa shape index (κ2) is 9.32. The fraction of sp³-hybridized carbons (Fsp3) is 0.333. The maximum atomic E-state index is 13.0. The average molecular weight is 445 g/mol. The van der Waals surface area contributed by atoms with Crippen LogP contribution >= 0.6 is 0 Å². The van der Waals surface area contributed by atoms with Gasteiger partial charge in [0.1, 0.15) is 12.5 Å². The maximum absolute atomic E-state index is 13.0. The van der Waals surface area contributed by atoms with Gasteiger partial charge in [-0.25, -0.2) is 9.37 Å². The molecule has 1 atom stereocenters. The molecular formula is C27H29FN4O. The molecule has 1 saturated heterocycles. The predicted molar refractivity (Wildman–Crippen MR) is 130 cm³/mol. The first-order chi connectivity index (χ1) is 16.1. The van der Waals surface area contributed by atoms with E-state index in [0.717, 1.165) is 59.2 Å². The molecule has 3 N–H and O–H groups in total. The molecule has 0 spiro atoms. The third kappa shape index (κ3) is 4.35. The van der Waals surface area contributed by atoms with Crippen LogP contribution in [0.5, 0.6) is 0 Å². The molecule has 2 aliphatic rings. The smallest absolute Gasteiger partial charge is 0.251 e. The van der Waals surface area contributed by atoms with Crippen LogP contribution in [0.4, 0.5) is 10.2 Å². The van der Waals surface area contributed by atoms with E-state index >= 15 is 0 Å². The van der Waals surface area contributed by atoms with Gasteiger partial charge in [0.05, 0.1) is 0 Å². The Morgan fingerprint density at radius 3 is 2.67 bits per heavy atom. The molecular weight excluding hydrogens is 415 g/mol. The predicted octanol–water partition coefficient (Wildman–Crippen LogP) is 4.78. The fourth-order valence-corrected chi connectivity index (χ4v) is 5.10. The monoisotopic (exact) mass is 444 g/mol. The summed E-state index contributed by atoms with van der Waals surface area (Å²) < 4.78 is 13.0. The average Bonchev–Trinajstić information content (AvgIpc) is 2.85. The quantitative estimate of drug-likeness (QED) is 0.594. The number of anilines is 1. The molecule has 3 aromatic rings. The van der Waals surface area contributed by atoms with Gasteiger partial charge in [-0.1, -0.05) is 42.8 Å². The van der Waals surface area contributed by atoms with Crippen LogP contribution in [0.3, 0.4) is 0 Å². The Hall–Kier alpha value is -3.25. The van der Waals surface area contributed by atoms with Gasteiger partial charge in [-0.2, -0.15) is 0 Å². The van der Waals surface area contributed by atoms with E-state index in [1.54, 1.807) is 6.20 Å². The van der Waals surface area contributed by atoms with Crippen LogP contribution in [0.2, 0.25) is 0 Å². The zero-order chi connectivity index (χ0) is 22.8. The summed E-state index contributed by atoms with van der Waals surface area (Å²) in [4.78, 5) is 18.8. The lowest BCUT2D eigenvalue weighted by atomic mass is 9.92. The Kier molecular flexibility index (Phi) is 6.09. The summed E-state index contributed by atoms with van der Waals surface area (Å²) in [5.74, 6) is 0.449. The molecule has 0 saturated carbocycles. The first-order valence-corrected chi connectivity index (χ1v) is 11.7. The number of hydrogen-bond donors (Lipinski definition) is 2. The van der Waals surface area contributed by atoms with Crippen LogP contribution in [0.25, 0.3) is 22.3 Å².